The molecule has 9 nitrogen and oxygen atoms in total. The number of benzene rings is 3. The summed E-state index contributed by atoms with van der Waals surface area (Å²) in [6.45, 7) is 5.84. The Balaban J connectivity index is 1.03. The Morgan fingerprint density at radius 1 is 0.767 bits per heavy atom. The third-order valence-electron chi connectivity index (χ3n) is 13.5. The fraction of sp³-hybridized carbons (Fsp3) is 0.471. The maximum atomic E-state index is 6.02. The van der Waals surface area contributed by atoms with Crippen molar-refractivity contribution in [3.8, 4) is 40.0 Å². The number of nitrogens with one attached hydrogen (secondary N) is 1. The van der Waals surface area contributed by atoms with Gasteiger partial charge in [0.2, 0.25) is 0 Å². The van der Waals surface area contributed by atoms with E-state index >= 15 is 0 Å². The minimum absolute atomic E-state index is 0.118. The van der Waals surface area contributed by atoms with Gasteiger partial charge in [0.15, 0.2) is 0 Å². The molecule has 8 rings (SSSR count). The van der Waals surface area contributed by atoms with Crippen LogP contribution in [0.3, 0.4) is 0 Å². The molecule has 3 heterocycles. The van der Waals surface area contributed by atoms with E-state index in [0.717, 1.165) is 109 Å². The summed E-state index contributed by atoms with van der Waals surface area (Å²) in [6, 6.07) is 19.9. The SMILES string of the molecule is CCCc1c(OC)cc(C2C=C(CN3CCC(N(Cc4cccnc4-c4cc(OC)c(C5CCC5)c(OC)c4)c4cc(OC)cc(OC)c4)CC3)C=CN2)cc1C1CCC1. The molecule has 2 aliphatic carbocycles. The van der Waals surface area contributed by atoms with Gasteiger partial charge in [0.1, 0.15) is 28.7 Å². The van der Waals surface area contributed by atoms with E-state index in [1.165, 1.54) is 53.5 Å². The second-order valence-electron chi connectivity index (χ2n) is 17.0. The summed E-state index contributed by atoms with van der Waals surface area (Å²) in [6.07, 6.45) is 20.4. The number of aromatic nitrogens is 1. The zero-order valence-electron chi connectivity index (χ0n) is 36.6. The van der Waals surface area contributed by atoms with E-state index in [-0.39, 0.29) is 6.04 Å². The molecule has 0 spiro atoms. The van der Waals surface area contributed by atoms with Crippen LogP contribution in [0.4, 0.5) is 5.69 Å². The van der Waals surface area contributed by atoms with Crippen LogP contribution in [0.5, 0.6) is 28.7 Å². The maximum absolute atomic E-state index is 6.02. The Bertz CT molecular complexity index is 2120. The Morgan fingerprint density at radius 3 is 2.05 bits per heavy atom. The summed E-state index contributed by atoms with van der Waals surface area (Å²) in [5, 5.41) is 3.65. The zero-order chi connectivity index (χ0) is 41.6. The van der Waals surface area contributed by atoms with Gasteiger partial charge in [0.05, 0.1) is 47.3 Å². The Kier molecular flexibility index (Phi) is 13.2. The molecule has 0 bridgehead atoms. The third kappa shape index (κ3) is 8.83. The molecular weight excluding hydrogens is 749 g/mol. The number of methoxy groups -OCH3 is 5. The van der Waals surface area contributed by atoms with Crippen LogP contribution >= 0.6 is 0 Å². The lowest BCUT2D eigenvalue weighted by Gasteiger charge is -2.40. The van der Waals surface area contributed by atoms with Gasteiger partial charge in [-0.3, -0.25) is 9.88 Å². The molecule has 1 aromatic heterocycles. The van der Waals surface area contributed by atoms with Crippen molar-refractivity contribution in [1.29, 1.82) is 0 Å². The Morgan fingerprint density at radius 2 is 1.45 bits per heavy atom. The normalized spacial score (nSPS) is 18.5. The highest BCUT2D eigenvalue weighted by Crippen LogP contribution is 2.48. The van der Waals surface area contributed by atoms with Crippen LogP contribution in [0.2, 0.25) is 0 Å². The molecule has 1 N–H and O–H groups in total. The van der Waals surface area contributed by atoms with E-state index in [4.69, 9.17) is 28.7 Å². The molecule has 60 heavy (non-hydrogen) atoms. The van der Waals surface area contributed by atoms with E-state index < -0.39 is 0 Å². The minimum Gasteiger partial charge on any atom is -0.497 e. The highest BCUT2D eigenvalue weighted by molar-refractivity contribution is 5.70. The number of nitrogens with zero attached hydrogens (tertiary/aromatic N) is 3. The van der Waals surface area contributed by atoms with Gasteiger partial charge in [-0.2, -0.15) is 0 Å². The summed E-state index contributed by atoms with van der Waals surface area (Å²) in [4.78, 5) is 10.1. The van der Waals surface area contributed by atoms with E-state index in [9.17, 15) is 0 Å². The largest absolute Gasteiger partial charge is 0.497 e. The van der Waals surface area contributed by atoms with E-state index in [0.29, 0.717) is 24.4 Å². The van der Waals surface area contributed by atoms with Gasteiger partial charge in [0, 0.05) is 73.4 Å². The average molecular weight is 813 g/mol. The van der Waals surface area contributed by atoms with Crippen LogP contribution in [0, 0.1) is 0 Å². The highest BCUT2D eigenvalue weighted by atomic mass is 16.5. The molecule has 1 saturated heterocycles. The standard InChI is InChI=1S/C51H64N4O5/c1-7-11-44-45(35-12-8-13-35)25-38(26-47(44)58-4)46-24-34(17-21-52-46)32-54-22-18-40(19-23-54)55(41-29-42(56-2)31-43(30-41)57-3)33-37-16-10-20-53-51(37)39-27-48(59-5)50(36-14-9-15-36)49(28-39)60-6/h10,16-17,20-21,24-31,35-36,40,46,52H,7-9,11-15,18-19,22-23,32-33H2,1-6H3. The van der Waals surface area contributed by atoms with Crippen LogP contribution in [-0.4, -0.2) is 71.1 Å². The van der Waals surface area contributed by atoms with Gasteiger partial charge in [-0.1, -0.05) is 44.4 Å². The lowest BCUT2D eigenvalue weighted by molar-refractivity contribution is 0.224. The molecule has 1 atom stereocenters. The summed E-state index contributed by atoms with van der Waals surface area (Å²) in [5.41, 5.74) is 10.9. The van der Waals surface area contributed by atoms with Gasteiger partial charge < -0.3 is 33.9 Å². The molecule has 0 radical (unpaired) electrons. The average Bonchev–Trinajstić information content (AvgIpc) is 3.25. The maximum Gasteiger partial charge on any atom is 0.126 e. The van der Waals surface area contributed by atoms with Crippen molar-refractivity contribution in [2.75, 3.05) is 60.1 Å². The van der Waals surface area contributed by atoms with Crippen LogP contribution in [-0.2, 0) is 13.0 Å². The zero-order valence-corrected chi connectivity index (χ0v) is 36.6. The topological polar surface area (TPSA) is 77.6 Å². The Labute approximate surface area is 357 Å². The van der Waals surface area contributed by atoms with Crippen molar-refractivity contribution in [3.63, 3.8) is 0 Å². The molecule has 1 unspecified atom stereocenters. The quantitative estimate of drug-likeness (QED) is 0.112. The molecule has 4 aliphatic rings. The van der Waals surface area contributed by atoms with Crippen LogP contribution in [0.15, 0.2) is 84.7 Å². The van der Waals surface area contributed by atoms with E-state index in [2.05, 4.69) is 82.9 Å². The van der Waals surface area contributed by atoms with Gasteiger partial charge in [0.25, 0.3) is 0 Å². The monoisotopic (exact) mass is 812 g/mol. The Hall–Kier alpha value is -5.15. The fourth-order valence-corrected chi connectivity index (χ4v) is 9.75. The smallest absolute Gasteiger partial charge is 0.126 e. The lowest BCUT2D eigenvalue weighted by atomic mass is 9.76. The van der Waals surface area contributed by atoms with Crippen molar-refractivity contribution in [3.05, 3.63) is 113 Å². The summed E-state index contributed by atoms with van der Waals surface area (Å²) < 4.78 is 29.6. The van der Waals surface area contributed by atoms with Gasteiger partial charge in [-0.25, -0.2) is 0 Å². The fourth-order valence-electron chi connectivity index (χ4n) is 9.75. The first kappa shape index (κ1) is 41.6. The summed E-state index contributed by atoms with van der Waals surface area (Å²) in [7, 11) is 8.78. The molecule has 9 heteroatoms. The van der Waals surface area contributed by atoms with E-state index in [1.54, 1.807) is 28.4 Å². The molecule has 4 aromatic rings. The van der Waals surface area contributed by atoms with Crippen molar-refractivity contribution in [1.82, 2.24) is 15.2 Å². The highest BCUT2D eigenvalue weighted by Gasteiger charge is 2.31. The lowest BCUT2D eigenvalue weighted by Crippen LogP contribution is -2.45. The van der Waals surface area contributed by atoms with Crippen LogP contribution < -0.4 is 33.9 Å². The van der Waals surface area contributed by atoms with E-state index in [1.807, 2.05) is 25.4 Å². The molecular formula is C51H64N4O5. The van der Waals surface area contributed by atoms with Gasteiger partial charge in [-0.05, 0) is 121 Å². The number of hydrogen-bond acceptors (Lipinski definition) is 9. The first-order valence-electron chi connectivity index (χ1n) is 22.2. The van der Waals surface area contributed by atoms with Crippen molar-refractivity contribution in [2.24, 2.45) is 0 Å². The predicted molar refractivity (Wildman–Crippen MR) is 241 cm³/mol. The molecule has 0 amide bonds. The van der Waals surface area contributed by atoms with Crippen molar-refractivity contribution >= 4 is 5.69 Å². The first-order valence-corrected chi connectivity index (χ1v) is 22.2. The molecule has 2 aliphatic heterocycles. The number of ether oxygens (including phenoxy) is 5. The molecule has 2 saturated carbocycles. The number of anilines is 1. The number of likely N-dealkylation sites (tertiary alicyclic amines) is 1. The van der Waals surface area contributed by atoms with Crippen molar-refractivity contribution in [2.45, 2.75) is 102 Å². The van der Waals surface area contributed by atoms with Gasteiger partial charge in [-0.15, -0.1) is 0 Å². The number of pyridine rings is 1. The second kappa shape index (κ2) is 19.1. The van der Waals surface area contributed by atoms with Crippen molar-refractivity contribution < 1.29 is 23.7 Å². The number of piperidine rings is 1. The molecule has 3 aromatic carbocycles. The molecule has 318 valence electrons. The number of dihydropyridines is 1. The third-order valence-corrected chi connectivity index (χ3v) is 13.5. The predicted octanol–water partition coefficient (Wildman–Crippen LogP) is 10.5. The van der Waals surface area contributed by atoms with Gasteiger partial charge >= 0.3 is 0 Å². The first-order chi connectivity index (χ1) is 29.4. The minimum atomic E-state index is 0.118. The van der Waals surface area contributed by atoms with Crippen LogP contribution in [0.1, 0.15) is 110 Å². The van der Waals surface area contributed by atoms with Crippen LogP contribution in [0.25, 0.3) is 11.3 Å². The number of rotatable bonds is 17. The molecule has 3 fully saturated rings. The second-order valence-corrected chi connectivity index (χ2v) is 17.0. The number of hydrogen-bond donors (Lipinski definition) is 1. The summed E-state index contributed by atoms with van der Waals surface area (Å²) >= 11 is 0. The summed E-state index contributed by atoms with van der Waals surface area (Å²) in [5.74, 6) is 5.47.